The first kappa shape index (κ1) is 15.2. The summed E-state index contributed by atoms with van der Waals surface area (Å²) in [6.07, 6.45) is 4.90. The standard InChI is InChI=1S/C14H27N3O/c1-5-12(3)17-9-7-13(16-17)11-15-14(4,6-2)8-10-18/h7,9,12,15,18H,5-6,8,10-11H2,1-4H3. The van der Waals surface area contributed by atoms with Crippen molar-refractivity contribution in [2.45, 2.75) is 65.1 Å². The molecule has 0 aliphatic rings. The molecule has 4 nitrogen and oxygen atoms in total. The van der Waals surface area contributed by atoms with Crippen LogP contribution in [0.1, 0.15) is 58.7 Å². The van der Waals surface area contributed by atoms with Crippen molar-refractivity contribution in [3.63, 3.8) is 0 Å². The zero-order valence-corrected chi connectivity index (χ0v) is 12.1. The second-order valence-electron chi connectivity index (χ2n) is 5.29. The molecular formula is C14H27N3O. The number of hydrogen-bond acceptors (Lipinski definition) is 3. The van der Waals surface area contributed by atoms with Gasteiger partial charge in [0.1, 0.15) is 0 Å². The highest BCUT2D eigenvalue weighted by molar-refractivity contribution is 5.00. The predicted octanol–water partition coefficient (Wildman–Crippen LogP) is 2.49. The molecule has 0 spiro atoms. The Bertz CT molecular complexity index is 351. The van der Waals surface area contributed by atoms with Crippen LogP contribution >= 0.6 is 0 Å². The summed E-state index contributed by atoms with van der Waals surface area (Å²) in [6, 6.07) is 2.52. The molecule has 2 atom stereocenters. The van der Waals surface area contributed by atoms with Crippen molar-refractivity contribution in [1.82, 2.24) is 15.1 Å². The maximum absolute atomic E-state index is 9.08. The van der Waals surface area contributed by atoms with Crippen LogP contribution in [0.25, 0.3) is 0 Å². The summed E-state index contributed by atoms with van der Waals surface area (Å²) in [5.41, 5.74) is 1.06. The molecule has 1 aromatic rings. The lowest BCUT2D eigenvalue weighted by Gasteiger charge is -2.28. The number of rotatable bonds is 8. The van der Waals surface area contributed by atoms with E-state index in [0.29, 0.717) is 6.04 Å². The molecule has 0 aliphatic heterocycles. The third-order valence-corrected chi connectivity index (χ3v) is 3.85. The van der Waals surface area contributed by atoms with Crippen LogP contribution in [0, 0.1) is 0 Å². The smallest absolute Gasteiger partial charge is 0.0762 e. The molecule has 4 heteroatoms. The highest BCUT2D eigenvalue weighted by atomic mass is 16.3. The minimum atomic E-state index is -0.00506. The van der Waals surface area contributed by atoms with E-state index in [1.807, 2.05) is 10.9 Å². The van der Waals surface area contributed by atoms with Gasteiger partial charge in [0.25, 0.3) is 0 Å². The summed E-state index contributed by atoms with van der Waals surface area (Å²) in [6.45, 7) is 9.60. The normalized spacial score (nSPS) is 16.5. The van der Waals surface area contributed by atoms with Crippen LogP contribution in [0.4, 0.5) is 0 Å². The predicted molar refractivity (Wildman–Crippen MR) is 74.5 cm³/mol. The van der Waals surface area contributed by atoms with E-state index in [-0.39, 0.29) is 12.1 Å². The summed E-state index contributed by atoms with van der Waals surface area (Å²) in [5.74, 6) is 0. The van der Waals surface area contributed by atoms with Crippen LogP contribution in [0.2, 0.25) is 0 Å². The number of aliphatic hydroxyl groups excluding tert-OH is 1. The van der Waals surface area contributed by atoms with Crippen molar-refractivity contribution >= 4 is 0 Å². The Kier molecular flexibility index (Phi) is 5.82. The quantitative estimate of drug-likeness (QED) is 0.748. The second kappa shape index (κ2) is 6.90. The van der Waals surface area contributed by atoms with Gasteiger partial charge >= 0.3 is 0 Å². The SMILES string of the molecule is CCC(C)n1ccc(CNC(C)(CC)CCO)n1. The molecule has 1 heterocycles. The first-order chi connectivity index (χ1) is 8.54. The Morgan fingerprint density at radius 2 is 2.22 bits per heavy atom. The van der Waals surface area contributed by atoms with Gasteiger partial charge in [0.2, 0.25) is 0 Å². The van der Waals surface area contributed by atoms with Gasteiger partial charge in [-0.2, -0.15) is 5.10 Å². The molecule has 0 fully saturated rings. The third-order valence-electron chi connectivity index (χ3n) is 3.85. The topological polar surface area (TPSA) is 50.1 Å². The molecule has 0 bridgehead atoms. The number of hydrogen-bond donors (Lipinski definition) is 2. The summed E-state index contributed by atoms with van der Waals surface area (Å²) in [5, 5.41) is 17.1. The lowest BCUT2D eigenvalue weighted by molar-refractivity contribution is 0.214. The maximum Gasteiger partial charge on any atom is 0.0762 e. The van der Waals surface area contributed by atoms with E-state index in [1.54, 1.807) is 0 Å². The van der Waals surface area contributed by atoms with E-state index in [0.717, 1.165) is 31.5 Å². The van der Waals surface area contributed by atoms with E-state index in [2.05, 4.69) is 44.2 Å². The molecule has 18 heavy (non-hydrogen) atoms. The lowest BCUT2D eigenvalue weighted by atomic mass is 9.95. The van der Waals surface area contributed by atoms with E-state index >= 15 is 0 Å². The van der Waals surface area contributed by atoms with Crippen LogP contribution in [0.5, 0.6) is 0 Å². The van der Waals surface area contributed by atoms with Gasteiger partial charge in [-0.15, -0.1) is 0 Å². The van der Waals surface area contributed by atoms with Crippen LogP contribution in [-0.4, -0.2) is 27.0 Å². The highest BCUT2D eigenvalue weighted by Crippen LogP contribution is 2.15. The third kappa shape index (κ3) is 4.10. The fourth-order valence-electron chi connectivity index (χ4n) is 1.85. The molecular weight excluding hydrogens is 226 g/mol. The Morgan fingerprint density at radius 1 is 1.50 bits per heavy atom. The Balaban J connectivity index is 2.55. The Morgan fingerprint density at radius 3 is 2.78 bits per heavy atom. The highest BCUT2D eigenvalue weighted by Gasteiger charge is 2.20. The van der Waals surface area contributed by atoms with E-state index in [4.69, 9.17) is 5.11 Å². The zero-order valence-electron chi connectivity index (χ0n) is 12.1. The van der Waals surface area contributed by atoms with Crippen LogP contribution in [0.15, 0.2) is 12.3 Å². The fraction of sp³-hybridized carbons (Fsp3) is 0.786. The number of nitrogens with zero attached hydrogens (tertiary/aromatic N) is 2. The summed E-state index contributed by atoms with van der Waals surface area (Å²) in [7, 11) is 0. The first-order valence-electron chi connectivity index (χ1n) is 6.94. The maximum atomic E-state index is 9.08. The minimum absolute atomic E-state index is 0.00506. The monoisotopic (exact) mass is 253 g/mol. The van der Waals surface area contributed by atoms with Gasteiger partial charge in [0, 0.05) is 30.9 Å². The molecule has 1 aromatic heterocycles. The van der Waals surface area contributed by atoms with Crippen LogP contribution in [-0.2, 0) is 6.54 Å². The molecule has 0 amide bonds. The zero-order chi connectivity index (χ0) is 13.6. The summed E-state index contributed by atoms with van der Waals surface area (Å²) < 4.78 is 2.02. The van der Waals surface area contributed by atoms with Crippen molar-refractivity contribution in [3.05, 3.63) is 18.0 Å². The summed E-state index contributed by atoms with van der Waals surface area (Å²) >= 11 is 0. The van der Waals surface area contributed by atoms with Crippen molar-refractivity contribution in [3.8, 4) is 0 Å². The molecule has 104 valence electrons. The molecule has 0 radical (unpaired) electrons. The lowest BCUT2D eigenvalue weighted by Crippen LogP contribution is -2.42. The first-order valence-corrected chi connectivity index (χ1v) is 6.94. The van der Waals surface area contributed by atoms with Crippen LogP contribution < -0.4 is 5.32 Å². The van der Waals surface area contributed by atoms with Gasteiger partial charge in [-0.3, -0.25) is 4.68 Å². The minimum Gasteiger partial charge on any atom is -0.396 e. The molecule has 2 N–H and O–H groups in total. The van der Waals surface area contributed by atoms with Gasteiger partial charge in [-0.05, 0) is 39.2 Å². The van der Waals surface area contributed by atoms with Crippen molar-refractivity contribution in [1.29, 1.82) is 0 Å². The largest absolute Gasteiger partial charge is 0.396 e. The molecule has 0 aromatic carbocycles. The molecule has 0 saturated carbocycles. The van der Waals surface area contributed by atoms with Gasteiger partial charge in [0.15, 0.2) is 0 Å². The fourth-order valence-corrected chi connectivity index (χ4v) is 1.85. The van der Waals surface area contributed by atoms with Crippen molar-refractivity contribution in [2.75, 3.05) is 6.61 Å². The Labute approximate surface area is 110 Å². The van der Waals surface area contributed by atoms with E-state index < -0.39 is 0 Å². The molecule has 0 saturated heterocycles. The van der Waals surface area contributed by atoms with E-state index in [1.165, 1.54) is 0 Å². The summed E-state index contributed by atoms with van der Waals surface area (Å²) in [4.78, 5) is 0. The molecule has 1 rings (SSSR count). The van der Waals surface area contributed by atoms with E-state index in [9.17, 15) is 0 Å². The second-order valence-corrected chi connectivity index (χ2v) is 5.29. The number of aliphatic hydroxyl groups is 1. The average Bonchev–Trinajstić information content (AvgIpc) is 2.85. The van der Waals surface area contributed by atoms with Gasteiger partial charge in [0.05, 0.1) is 5.69 Å². The van der Waals surface area contributed by atoms with Crippen molar-refractivity contribution in [2.24, 2.45) is 0 Å². The van der Waals surface area contributed by atoms with Gasteiger partial charge < -0.3 is 10.4 Å². The van der Waals surface area contributed by atoms with Crippen molar-refractivity contribution < 1.29 is 5.11 Å². The number of aromatic nitrogens is 2. The van der Waals surface area contributed by atoms with Gasteiger partial charge in [-0.1, -0.05) is 13.8 Å². The van der Waals surface area contributed by atoms with Crippen LogP contribution in [0.3, 0.4) is 0 Å². The average molecular weight is 253 g/mol. The molecule has 2 unspecified atom stereocenters. The molecule has 0 aliphatic carbocycles. The number of nitrogens with one attached hydrogen (secondary N) is 1. The van der Waals surface area contributed by atoms with Gasteiger partial charge in [-0.25, -0.2) is 0 Å². The Hall–Kier alpha value is -0.870.